The van der Waals surface area contributed by atoms with Crippen molar-refractivity contribution in [3.8, 4) is 6.07 Å². The maximum absolute atomic E-state index is 12.5. The minimum absolute atomic E-state index is 0.343. The summed E-state index contributed by atoms with van der Waals surface area (Å²) in [4.78, 5) is 16.5. The fourth-order valence-corrected chi connectivity index (χ4v) is 2.72. The summed E-state index contributed by atoms with van der Waals surface area (Å²) in [5.74, 6) is -0.362. The van der Waals surface area contributed by atoms with Gasteiger partial charge in [0.2, 0.25) is 0 Å². The highest BCUT2D eigenvalue weighted by molar-refractivity contribution is 6.36. The molecule has 1 heterocycles. The Balaban J connectivity index is 1.80. The molecule has 0 radical (unpaired) electrons. The minimum atomic E-state index is -0.362. The molecule has 0 aliphatic heterocycles. The maximum atomic E-state index is 12.5. The third-order valence-electron chi connectivity index (χ3n) is 3.51. The number of amides is 1. The number of hydrogen-bond acceptors (Lipinski definition) is 4. The average molecular weight is 383 g/mol. The van der Waals surface area contributed by atoms with Gasteiger partial charge in [-0.3, -0.25) is 9.78 Å². The number of benzene rings is 2. The lowest BCUT2D eigenvalue weighted by atomic mass is 10.2. The number of para-hydroxylation sites is 1. The van der Waals surface area contributed by atoms with Crippen LogP contribution in [0.25, 0.3) is 0 Å². The molecule has 0 aliphatic rings. The first-order chi connectivity index (χ1) is 12.6. The second kappa shape index (κ2) is 7.87. The highest BCUT2D eigenvalue weighted by atomic mass is 35.5. The van der Waals surface area contributed by atoms with Gasteiger partial charge < -0.3 is 10.6 Å². The van der Waals surface area contributed by atoms with E-state index in [0.29, 0.717) is 38.2 Å². The topological polar surface area (TPSA) is 77.8 Å². The van der Waals surface area contributed by atoms with Crippen LogP contribution in [-0.4, -0.2) is 10.9 Å². The molecule has 128 valence electrons. The third kappa shape index (κ3) is 4.12. The van der Waals surface area contributed by atoms with Gasteiger partial charge in [0, 0.05) is 11.2 Å². The number of rotatable bonds is 4. The Morgan fingerprint density at radius 3 is 2.62 bits per heavy atom. The minimum Gasteiger partial charge on any atom is -0.353 e. The largest absolute Gasteiger partial charge is 0.353 e. The Bertz CT molecular complexity index is 1010. The molecule has 0 fully saturated rings. The summed E-state index contributed by atoms with van der Waals surface area (Å²) >= 11 is 11.9. The molecule has 0 aliphatic carbocycles. The van der Waals surface area contributed by atoms with Crippen LogP contribution in [0, 0.1) is 11.3 Å². The number of halogens is 2. The number of carbonyl (C=O) groups is 1. The van der Waals surface area contributed by atoms with Crippen LogP contribution in [0.3, 0.4) is 0 Å². The Hall–Kier alpha value is -3.07. The normalized spacial score (nSPS) is 10.0. The van der Waals surface area contributed by atoms with E-state index in [1.165, 1.54) is 6.20 Å². The van der Waals surface area contributed by atoms with Gasteiger partial charge in [-0.1, -0.05) is 35.3 Å². The number of nitrogens with zero attached hydrogens (tertiary/aromatic N) is 2. The van der Waals surface area contributed by atoms with Crippen molar-refractivity contribution in [2.75, 3.05) is 10.6 Å². The van der Waals surface area contributed by atoms with Crippen LogP contribution in [-0.2, 0) is 0 Å². The summed E-state index contributed by atoms with van der Waals surface area (Å²) < 4.78 is 0. The second-order valence-corrected chi connectivity index (χ2v) is 6.17. The zero-order chi connectivity index (χ0) is 18.5. The molecule has 3 aromatic rings. The maximum Gasteiger partial charge on any atom is 0.257 e. The van der Waals surface area contributed by atoms with E-state index in [2.05, 4.69) is 21.7 Å². The summed E-state index contributed by atoms with van der Waals surface area (Å²) in [6.45, 7) is 0. The lowest BCUT2D eigenvalue weighted by molar-refractivity contribution is 0.102. The number of aromatic nitrogens is 1. The van der Waals surface area contributed by atoms with Crippen molar-refractivity contribution in [1.82, 2.24) is 4.98 Å². The SMILES string of the molecule is N#Cc1ccccc1Nc1cncc(C(=O)Nc2ccc(Cl)cc2Cl)c1. The third-order valence-corrected chi connectivity index (χ3v) is 4.05. The number of nitriles is 1. The van der Waals surface area contributed by atoms with Crippen LogP contribution < -0.4 is 10.6 Å². The lowest BCUT2D eigenvalue weighted by Gasteiger charge is -2.10. The predicted octanol–water partition coefficient (Wildman–Crippen LogP) is 5.26. The van der Waals surface area contributed by atoms with E-state index in [1.807, 2.05) is 6.07 Å². The monoisotopic (exact) mass is 382 g/mol. The first kappa shape index (κ1) is 17.7. The summed E-state index contributed by atoms with van der Waals surface area (Å²) in [6.07, 6.45) is 3.01. The molecule has 0 saturated carbocycles. The predicted molar refractivity (Wildman–Crippen MR) is 103 cm³/mol. The highest BCUT2D eigenvalue weighted by Crippen LogP contribution is 2.26. The molecule has 2 N–H and O–H groups in total. The molecule has 0 unspecified atom stereocenters. The number of anilines is 3. The average Bonchev–Trinajstić information content (AvgIpc) is 2.64. The molecule has 0 saturated heterocycles. The molecule has 3 rings (SSSR count). The number of pyridine rings is 1. The van der Waals surface area contributed by atoms with Crippen molar-refractivity contribution in [1.29, 1.82) is 5.26 Å². The molecule has 1 amide bonds. The van der Waals surface area contributed by atoms with E-state index in [4.69, 9.17) is 28.5 Å². The molecule has 0 spiro atoms. The van der Waals surface area contributed by atoms with Crippen LogP contribution in [0.5, 0.6) is 0 Å². The molecular weight excluding hydrogens is 371 g/mol. The molecule has 2 aromatic carbocycles. The van der Waals surface area contributed by atoms with Crippen LogP contribution in [0.4, 0.5) is 17.1 Å². The van der Waals surface area contributed by atoms with Crippen LogP contribution >= 0.6 is 23.2 Å². The van der Waals surface area contributed by atoms with E-state index in [0.717, 1.165) is 0 Å². The van der Waals surface area contributed by atoms with Crippen molar-refractivity contribution >= 4 is 46.2 Å². The fraction of sp³-hybridized carbons (Fsp3) is 0. The molecule has 5 nitrogen and oxygen atoms in total. The van der Waals surface area contributed by atoms with Gasteiger partial charge in [0.15, 0.2) is 0 Å². The highest BCUT2D eigenvalue weighted by Gasteiger charge is 2.11. The van der Waals surface area contributed by atoms with Gasteiger partial charge >= 0.3 is 0 Å². The van der Waals surface area contributed by atoms with E-state index < -0.39 is 0 Å². The van der Waals surface area contributed by atoms with Gasteiger partial charge in [-0.05, 0) is 36.4 Å². The number of hydrogen-bond donors (Lipinski definition) is 2. The van der Waals surface area contributed by atoms with Gasteiger partial charge in [0.05, 0.1) is 39.4 Å². The molecule has 26 heavy (non-hydrogen) atoms. The van der Waals surface area contributed by atoms with E-state index in [1.54, 1.807) is 48.7 Å². The molecule has 7 heteroatoms. The Kier molecular flexibility index (Phi) is 5.37. The first-order valence-electron chi connectivity index (χ1n) is 7.54. The molecular formula is C19H12Cl2N4O. The zero-order valence-electron chi connectivity index (χ0n) is 13.3. The van der Waals surface area contributed by atoms with Gasteiger partial charge in [0.1, 0.15) is 6.07 Å². The van der Waals surface area contributed by atoms with Crippen molar-refractivity contribution in [2.24, 2.45) is 0 Å². The Labute approximate surface area is 160 Å². The Morgan fingerprint density at radius 2 is 1.85 bits per heavy atom. The van der Waals surface area contributed by atoms with E-state index in [-0.39, 0.29) is 5.91 Å². The first-order valence-corrected chi connectivity index (χ1v) is 8.30. The van der Waals surface area contributed by atoms with E-state index >= 15 is 0 Å². The van der Waals surface area contributed by atoms with Crippen LogP contribution in [0.2, 0.25) is 10.0 Å². The van der Waals surface area contributed by atoms with Crippen LogP contribution in [0.1, 0.15) is 15.9 Å². The second-order valence-electron chi connectivity index (χ2n) is 5.32. The lowest BCUT2D eigenvalue weighted by Crippen LogP contribution is -2.13. The zero-order valence-corrected chi connectivity index (χ0v) is 14.8. The fourth-order valence-electron chi connectivity index (χ4n) is 2.26. The van der Waals surface area contributed by atoms with Crippen LogP contribution in [0.15, 0.2) is 60.9 Å². The standard InChI is InChI=1S/C19H12Cl2N4O/c20-14-5-6-18(16(21)8-14)25-19(26)13-7-15(11-23-10-13)24-17-4-2-1-3-12(17)9-22/h1-8,10-11,24H,(H,25,26). The molecule has 1 aromatic heterocycles. The quantitative estimate of drug-likeness (QED) is 0.645. The molecule has 0 bridgehead atoms. The summed E-state index contributed by atoms with van der Waals surface area (Å²) in [6, 6.07) is 15.6. The molecule has 0 atom stereocenters. The van der Waals surface area contributed by atoms with Crippen molar-refractivity contribution in [3.63, 3.8) is 0 Å². The van der Waals surface area contributed by atoms with Crippen molar-refractivity contribution in [2.45, 2.75) is 0 Å². The van der Waals surface area contributed by atoms with Gasteiger partial charge in [-0.15, -0.1) is 0 Å². The summed E-state index contributed by atoms with van der Waals surface area (Å²) in [5, 5.41) is 15.8. The summed E-state index contributed by atoms with van der Waals surface area (Å²) in [5.41, 5.74) is 2.51. The van der Waals surface area contributed by atoms with E-state index in [9.17, 15) is 4.79 Å². The van der Waals surface area contributed by atoms with Gasteiger partial charge in [-0.2, -0.15) is 5.26 Å². The van der Waals surface area contributed by atoms with Crippen molar-refractivity contribution in [3.05, 3.63) is 82.1 Å². The summed E-state index contributed by atoms with van der Waals surface area (Å²) in [7, 11) is 0. The van der Waals surface area contributed by atoms with Gasteiger partial charge in [0.25, 0.3) is 5.91 Å². The van der Waals surface area contributed by atoms with Gasteiger partial charge in [-0.25, -0.2) is 0 Å². The number of carbonyl (C=O) groups excluding carboxylic acids is 1. The number of nitrogens with one attached hydrogen (secondary N) is 2. The Morgan fingerprint density at radius 1 is 1.04 bits per heavy atom. The smallest absolute Gasteiger partial charge is 0.257 e. The van der Waals surface area contributed by atoms with Crippen molar-refractivity contribution < 1.29 is 4.79 Å².